The van der Waals surface area contributed by atoms with Gasteiger partial charge in [-0.3, -0.25) is 0 Å². The van der Waals surface area contributed by atoms with Crippen molar-refractivity contribution in [2.75, 3.05) is 6.54 Å². The molecule has 2 aromatic rings. The van der Waals surface area contributed by atoms with Crippen LogP contribution in [0.5, 0.6) is 5.75 Å². The lowest BCUT2D eigenvalue weighted by Crippen LogP contribution is -2.19. The molecule has 1 aromatic carbocycles. The van der Waals surface area contributed by atoms with Crippen molar-refractivity contribution in [1.29, 1.82) is 0 Å². The van der Waals surface area contributed by atoms with Crippen LogP contribution in [0.3, 0.4) is 0 Å². The van der Waals surface area contributed by atoms with Crippen LogP contribution in [0.15, 0.2) is 41.0 Å². The third kappa shape index (κ3) is 4.42. The monoisotopic (exact) mass is 273 g/mol. The maximum absolute atomic E-state index is 5.81. The van der Waals surface area contributed by atoms with Gasteiger partial charge in [-0.25, -0.2) is 0 Å². The summed E-state index contributed by atoms with van der Waals surface area (Å²) in [5, 5.41) is 3.39. The molecule has 0 saturated heterocycles. The molecule has 0 radical (unpaired) electrons. The zero-order chi connectivity index (χ0) is 14.4. The minimum Gasteiger partial charge on any atom is -0.489 e. The third-order valence-corrected chi connectivity index (χ3v) is 3.06. The summed E-state index contributed by atoms with van der Waals surface area (Å²) in [7, 11) is 0. The van der Waals surface area contributed by atoms with Gasteiger partial charge in [0.2, 0.25) is 0 Å². The fraction of sp³-hybridized carbons (Fsp3) is 0.412. The standard InChI is InChI=1S/C17H23NO2/c1-13(2)10-18-11-17-15(7-8-19-17)12-20-16-6-4-5-14(3)9-16/h4-9,13,18H,10-12H2,1-3H3. The van der Waals surface area contributed by atoms with E-state index in [0.29, 0.717) is 12.5 Å². The molecule has 2 rings (SSSR count). The van der Waals surface area contributed by atoms with Gasteiger partial charge >= 0.3 is 0 Å². The Morgan fingerprint density at radius 2 is 2.10 bits per heavy atom. The Labute approximate surface area is 121 Å². The summed E-state index contributed by atoms with van der Waals surface area (Å²) in [5.74, 6) is 2.49. The third-order valence-electron chi connectivity index (χ3n) is 3.06. The zero-order valence-corrected chi connectivity index (χ0v) is 12.5. The van der Waals surface area contributed by atoms with Crippen molar-refractivity contribution in [3.63, 3.8) is 0 Å². The van der Waals surface area contributed by atoms with Crippen LogP contribution in [0.2, 0.25) is 0 Å². The van der Waals surface area contributed by atoms with E-state index >= 15 is 0 Å². The highest BCUT2D eigenvalue weighted by Crippen LogP contribution is 2.17. The minimum absolute atomic E-state index is 0.540. The summed E-state index contributed by atoms with van der Waals surface area (Å²) in [5.41, 5.74) is 2.30. The average molecular weight is 273 g/mol. The Morgan fingerprint density at radius 1 is 1.25 bits per heavy atom. The molecule has 0 aliphatic heterocycles. The summed E-state index contributed by atoms with van der Waals surface area (Å²) in [6.45, 7) is 8.72. The van der Waals surface area contributed by atoms with Gasteiger partial charge in [0.1, 0.15) is 18.1 Å². The van der Waals surface area contributed by atoms with Crippen molar-refractivity contribution in [3.05, 3.63) is 53.5 Å². The van der Waals surface area contributed by atoms with Crippen molar-refractivity contribution < 1.29 is 9.15 Å². The molecule has 1 N–H and O–H groups in total. The lowest BCUT2D eigenvalue weighted by Gasteiger charge is -2.09. The molecule has 20 heavy (non-hydrogen) atoms. The topological polar surface area (TPSA) is 34.4 Å². The Kier molecular flexibility index (Phi) is 5.24. The highest BCUT2D eigenvalue weighted by Gasteiger charge is 2.07. The maximum Gasteiger partial charge on any atom is 0.124 e. The first kappa shape index (κ1) is 14.7. The van der Waals surface area contributed by atoms with Crippen LogP contribution >= 0.6 is 0 Å². The zero-order valence-electron chi connectivity index (χ0n) is 12.5. The van der Waals surface area contributed by atoms with Crippen molar-refractivity contribution in [2.45, 2.75) is 33.9 Å². The number of nitrogens with one attached hydrogen (secondary N) is 1. The summed E-state index contributed by atoms with van der Waals surface area (Å²) < 4.78 is 11.3. The quantitative estimate of drug-likeness (QED) is 0.830. The van der Waals surface area contributed by atoms with Crippen LogP contribution in [-0.2, 0) is 13.2 Å². The van der Waals surface area contributed by atoms with Gasteiger partial charge in [0.15, 0.2) is 0 Å². The number of hydrogen-bond donors (Lipinski definition) is 1. The Hall–Kier alpha value is -1.74. The van der Waals surface area contributed by atoms with Crippen molar-refractivity contribution in [1.82, 2.24) is 5.32 Å². The fourth-order valence-corrected chi connectivity index (χ4v) is 1.99. The van der Waals surface area contributed by atoms with E-state index in [2.05, 4.69) is 32.2 Å². The Balaban J connectivity index is 1.88. The van der Waals surface area contributed by atoms with Crippen LogP contribution in [0.25, 0.3) is 0 Å². The molecule has 0 atom stereocenters. The molecular formula is C17H23NO2. The maximum atomic E-state index is 5.81. The van der Waals surface area contributed by atoms with E-state index in [0.717, 1.165) is 30.2 Å². The molecule has 0 aliphatic carbocycles. The van der Waals surface area contributed by atoms with Crippen molar-refractivity contribution >= 4 is 0 Å². The molecule has 0 amide bonds. The van der Waals surface area contributed by atoms with Gasteiger partial charge in [-0.05, 0) is 43.1 Å². The summed E-state index contributed by atoms with van der Waals surface area (Å²) in [6, 6.07) is 10.1. The number of benzene rings is 1. The van der Waals surface area contributed by atoms with Gasteiger partial charge in [0, 0.05) is 5.56 Å². The Morgan fingerprint density at radius 3 is 2.85 bits per heavy atom. The van der Waals surface area contributed by atoms with Crippen LogP contribution in [-0.4, -0.2) is 6.54 Å². The first-order valence-electron chi connectivity index (χ1n) is 7.10. The second kappa shape index (κ2) is 7.15. The van der Waals surface area contributed by atoms with Crippen LogP contribution < -0.4 is 10.1 Å². The largest absolute Gasteiger partial charge is 0.489 e. The lowest BCUT2D eigenvalue weighted by molar-refractivity contribution is 0.301. The van der Waals surface area contributed by atoms with E-state index in [1.807, 2.05) is 24.3 Å². The van der Waals surface area contributed by atoms with E-state index in [-0.39, 0.29) is 0 Å². The van der Waals surface area contributed by atoms with E-state index in [9.17, 15) is 0 Å². The molecule has 0 aliphatic rings. The van der Waals surface area contributed by atoms with E-state index < -0.39 is 0 Å². The smallest absolute Gasteiger partial charge is 0.124 e. The number of furan rings is 1. The molecule has 3 heteroatoms. The van der Waals surface area contributed by atoms with Crippen LogP contribution in [0, 0.1) is 12.8 Å². The average Bonchev–Trinajstić information content (AvgIpc) is 2.84. The van der Waals surface area contributed by atoms with Gasteiger partial charge in [-0.2, -0.15) is 0 Å². The number of rotatable bonds is 7. The molecular weight excluding hydrogens is 250 g/mol. The molecule has 0 spiro atoms. The van der Waals surface area contributed by atoms with E-state index in [1.54, 1.807) is 6.26 Å². The summed E-state index contributed by atoms with van der Waals surface area (Å²) in [4.78, 5) is 0. The van der Waals surface area contributed by atoms with Crippen LogP contribution in [0.1, 0.15) is 30.7 Å². The van der Waals surface area contributed by atoms with Gasteiger partial charge in [-0.1, -0.05) is 26.0 Å². The highest BCUT2D eigenvalue weighted by atomic mass is 16.5. The summed E-state index contributed by atoms with van der Waals surface area (Å²) in [6.07, 6.45) is 1.72. The molecule has 0 unspecified atom stereocenters. The molecule has 0 saturated carbocycles. The van der Waals surface area contributed by atoms with Crippen molar-refractivity contribution in [3.8, 4) is 5.75 Å². The van der Waals surface area contributed by atoms with Gasteiger partial charge in [0.25, 0.3) is 0 Å². The van der Waals surface area contributed by atoms with Gasteiger partial charge in [-0.15, -0.1) is 0 Å². The van der Waals surface area contributed by atoms with E-state index in [4.69, 9.17) is 9.15 Å². The van der Waals surface area contributed by atoms with Gasteiger partial charge in [0.05, 0.1) is 12.8 Å². The SMILES string of the molecule is Cc1cccc(OCc2ccoc2CNCC(C)C)c1. The molecule has 0 fully saturated rings. The number of hydrogen-bond acceptors (Lipinski definition) is 3. The Bertz CT molecular complexity index is 531. The second-order valence-electron chi connectivity index (χ2n) is 5.50. The first-order valence-corrected chi connectivity index (χ1v) is 7.10. The van der Waals surface area contributed by atoms with E-state index in [1.165, 1.54) is 5.56 Å². The normalized spacial score (nSPS) is 11.0. The fourth-order valence-electron chi connectivity index (χ4n) is 1.99. The highest BCUT2D eigenvalue weighted by molar-refractivity contribution is 5.28. The molecule has 3 nitrogen and oxygen atoms in total. The lowest BCUT2D eigenvalue weighted by atomic mass is 10.2. The minimum atomic E-state index is 0.540. The predicted molar refractivity (Wildman–Crippen MR) is 80.8 cm³/mol. The molecule has 0 bridgehead atoms. The predicted octanol–water partition coefficient (Wildman–Crippen LogP) is 3.91. The molecule has 1 heterocycles. The number of aryl methyl sites for hydroxylation is 1. The van der Waals surface area contributed by atoms with Gasteiger partial charge < -0.3 is 14.5 Å². The molecule has 108 valence electrons. The van der Waals surface area contributed by atoms with Crippen LogP contribution in [0.4, 0.5) is 0 Å². The molecule has 1 aromatic heterocycles. The summed E-state index contributed by atoms with van der Waals surface area (Å²) >= 11 is 0. The second-order valence-corrected chi connectivity index (χ2v) is 5.50. The number of ether oxygens (including phenoxy) is 1. The van der Waals surface area contributed by atoms with Crippen molar-refractivity contribution in [2.24, 2.45) is 5.92 Å². The first-order chi connectivity index (χ1) is 9.65.